The summed E-state index contributed by atoms with van der Waals surface area (Å²) >= 11 is 0. The van der Waals surface area contributed by atoms with Crippen LogP contribution >= 0.6 is 0 Å². The molecule has 4 heteroatoms. The molecule has 2 aliphatic rings. The first-order valence-electron chi connectivity index (χ1n) is 5.28. The lowest BCUT2D eigenvalue weighted by Gasteiger charge is -2.19. The molecule has 1 saturated carbocycles. The van der Waals surface area contributed by atoms with Crippen molar-refractivity contribution in [2.45, 2.75) is 27.2 Å². The summed E-state index contributed by atoms with van der Waals surface area (Å²) in [6.07, 6.45) is 0.371. The Bertz CT molecular complexity index is 335. The Labute approximate surface area is 88.6 Å². The topological polar surface area (TPSA) is 54.5 Å². The van der Waals surface area contributed by atoms with E-state index in [9.17, 15) is 14.4 Å². The Morgan fingerprint density at radius 2 is 1.73 bits per heavy atom. The third kappa shape index (κ3) is 1.24. The van der Waals surface area contributed by atoms with E-state index in [0.717, 1.165) is 4.90 Å². The number of amides is 2. The lowest BCUT2D eigenvalue weighted by molar-refractivity contribution is -0.145. The first-order valence-corrected chi connectivity index (χ1v) is 5.28. The molecule has 0 N–H and O–H groups in total. The molecular weight excluding hydrogens is 194 g/mol. The molecule has 2 amide bonds. The van der Waals surface area contributed by atoms with Gasteiger partial charge < -0.3 is 0 Å². The monoisotopic (exact) mass is 209 g/mol. The van der Waals surface area contributed by atoms with Crippen molar-refractivity contribution in [1.29, 1.82) is 0 Å². The lowest BCUT2D eigenvalue weighted by atomic mass is 10.1. The molecule has 2 unspecified atom stereocenters. The Morgan fingerprint density at radius 3 is 2.13 bits per heavy atom. The summed E-state index contributed by atoms with van der Waals surface area (Å²) in [5.74, 6) is -0.714. The molecule has 1 saturated heterocycles. The normalized spacial score (nSPS) is 31.8. The lowest BCUT2D eigenvalue weighted by Crippen LogP contribution is -2.39. The van der Waals surface area contributed by atoms with Crippen LogP contribution in [-0.4, -0.2) is 29.0 Å². The first kappa shape index (κ1) is 10.3. The van der Waals surface area contributed by atoms with Gasteiger partial charge in [-0.3, -0.25) is 19.3 Å². The molecule has 0 aromatic heterocycles. The van der Waals surface area contributed by atoms with E-state index in [1.54, 1.807) is 6.92 Å². The first-order chi connectivity index (χ1) is 6.91. The van der Waals surface area contributed by atoms with E-state index in [1.807, 2.05) is 13.8 Å². The van der Waals surface area contributed by atoms with Crippen LogP contribution in [-0.2, 0) is 14.4 Å². The largest absolute Gasteiger partial charge is 0.298 e. The summed E-state index contributed by atoms with van der Waals surface area (Å²) in [6, 6.07) is 0. The van der Waals surface area contributed by atoms with Crippen LogP contribution in [0, 0.1) is 17.3 Å². The minimum Gasteiger partial charge on any atom is -0.298 e. The third-order valence-electron chi connectivity index (χ3n) is 3.62. The molecule has 2 fully saturated rings. The van der Waals surface area contributed by atoms with Crippen molar-refractivity contribution < 1.29 is 14.4 Å². The fourth-order valence-corrected chi connectivity index (χ4v) is 2.45. The minimum absolute atomic E-state index is 0.0305. The number of likely N-dealkylation sites (tertiary alicyclic amines) is 1. The van der Waals surface area contributed by atoms with E-state index in [0.29, 0.717) is 6.42 Å². The molecule has 2 atom stereocenters. The van der Waals surface area contributed by atoms with Crippen molar-refractivity contribution >= 4 is 17.6 Å². The number of rotatable bonds is 3. The standard InChI is InChI=1S/C11H15NO3/c1-4-6(13)5-12-9(14)7-8(10(12)15)11(7,2)3/h7-8H,4-5H2,1-3H3. The summed E-state index contributed by atoms with van der Waals surface area (Å²) < 4.78 is 0. The predicted molar refractivity (Wildman–Crippen MR) is 52.8 cm³/mol. The average Bonchev–Trinajstić information content (AvgIpc) is 2.64. The Hall–Kier alpha value is -1.19. The van der Waals surface area contributed by atoms with Gasteiger partial charge in [-0.2, -0.15) is 0 Å². The van der Waals surface area contributed by atoms with Crippen molar-refractivity contribution in [1.82, 2.24) is 4.90 Å². The van der Waals surface area contributed by atoms with Gasteiger partial charge in [0.2, 0.25) is 11.8 Å². The van der Waals surface area contributed by atoms with Gasteiger partial charge in [-0.15, -0.1) is 0 Å². The zero-order valence-corrected chi connectivity index (χ0v) is 9.24. The number of nitrogens with zero attached hydrogens (tertiary/aromatic N) is 1. The second-order valence-corrected chi connectivity index (χ2v) is 4.93. The van der Waals surface area contributed by atoms with Crippen LogP contribution in [0.15, 0.2) is 0 Å². The summed E-state index contributed by atoms with van der Waals surface area (Å²) in [5.41, 5.74) is -0.181. The van der Waals surface area contributed by atoms with E-state index in [2.05, 4.69) is 0 Å². The zero-order valence-electron chi connectivity index (χ0n) is 9.24. The van der Waals surface area contributed by atoms with Crippen LogP contribution in [0.5, 0.6) is 0 Å². The smallest absolute Gasteiger partial charge is 0.234 e. The van der Waals surface area contributed by atoms with Gasteiger partial charge in [-0.1, -0.05) is 20.8 Å². The Balaban J connectivity index is 2.11. The Kier molecular flexibility index (Phi) is 2.00. The number of piperidine rings is 1. The number of carbonyl (C=O) groups excluding carboxylic acids is 3. The fraction of sp³-hybridized carbons (Fsp3) is 0.727. The molecule has 1 aliphatic carbocycles. The highest BCUT2D eigenvalue weighted by atomic mass is 16.2. The minimum atomic E-state index is -0.181. The molecule has 0 radical (unpaired) electrons. The summed E-state index contributed by atoms with van der Waals surface area (Å²) in [4.78, 5) is 35.9. The van der Waals surface area contributed by atoms with Crippen LogP contribution < -0.4 is 0 Å². The van der Waals surface area contributed by atoms with E-state index >= 15 is 0 Å². The van der Waals surface area contributed by atoms with E-state index in [4.69, 9.17) is 0 Å². The van der Waals surface area contributed by atoms with Crippen LogP contribution in [0.25, 0.3) is 0 Å². The molecule has 15 heavy (non-hydrogen) atoms. The van der Waals surface area contributed by atoms with Crippen molar-refractivity contribution in [3.63, 3.8) is 0 Å². The number of imide groups is 1. The van der Waals surface area contributed by atoms with Gasteiger partial charge in [-0.25, -0.2) is 0 Å². The van der Waals surface area contributed by atoms with Crippen molar-refractivity contribution in [2.24, 2.45) is 17.3 Å². The third-order valence-corrected chi connectivity index (χ3v) is 3.62. The second-order valence-electron chi connectivity index (χ2n) is 4.93. The number of fused-ring (bicyclic) bond motifs is 1. The number of ketones is 1. The van der Waals surface area contributed by atoms with Crippen LogP contribution in [0.4, 0.5) is 0 Å². The number of hydrogen-bond acceptors (Lipinski definition) is 3. The van der Waals surface area contributed by atoms with Gasteiger partial charge in [0, 0.05) is 6.42 Å². The van der Waals surface area contributed by atoms with Gasteiger partial charge in [0.25, 0.3) is 0 Å². The molecule has 4 nitrogen and oxygen atoms in total. The maximum atomic E-state index is 11.8. The molecule has 1 heterocycles. The molecule has 0 bridgehead atoms. The number of hydrogen-bond donors (Lipinski definition) is 0. The van der Waals surface area contributed by atoms with E-state index in [-0.39, 0.29) is 41.4 Å². The van der Waals surface area contributed by atoms with Crippen LogP contribution in [0.1, 0.15) is 27.2 Å². The fourth-order valence-electron chi connectivity index (χ4n) is 2.45. The van der Waals surface area contributed by atoms with Crippen molar-refractivity contribution in [3.05, 3.63) is 0 Å². The van der Waals surface area contributed by atoms with Gasteiger partial charge >= 0.3 is 0 Å². The maximum Gasteiger partial charge on any atom is 0.234 e. The maximum absolute atomic E-state index is 11.8. The van der Waals surface area contributed by atoms with E-state index in [1.165, 1.54) is 0 Å². The molecule has 82 valence electrons. The highest BCUT2D eigenvalue weighted by Gasteiger charge is 2.72. The number of carbonyl (C=O) groups is 3. The highest BCUT2D eigenvalue weighted by Crippen LogP contribution is 2.63. The SMILES string of the molecule is CCC(=O)CN1C(=O)C2C(C1=O)C2(C)C. The van der Waals surface area contributed by atoms with Gasteiger partial charge in [0.1, 0.15) is 0 Å². The van der Waals surface area contributed by atoms with Crippen LogP contribution in [0.3, 0.4) is 0 Å². The highest BCUT2D eigenvalue weighted by molar-refractivity contribution is 6.12. The average molecular weight is 209 g/mol. The quantitative estimate of drug-likeness (QED) is 0.640. The molecule has 1 aliphatic heterocycles. The summed E-state index contributed by atoms with van der Waals surface area (Å²) in [5, 5.41) is 0. The zero-order chi connectivity index (χ0) is 11.4. The molecular formula is C11H15NO3. The molecule has 0 aromatic carbocycles. The van der Waals surface area contributed by atoms with Gasteiger partial charge in [-0.05, 0) is 5.41 Å². The Morgan fingerprint density at radius 1 is 1.27 bits per heavy atom. The van der Waals surface area contributed by atoms with Crippen molar-refractivity contribution in [2.75, 3.05) is 6.54 Å². The van der Waals surface area contributed by atoms with Crippen LogP contribution in [0.2, 0.25) is 0 Å². The molecule has 0 spiro atoms. The summed E-state index contributed by atoms with van der Waals surface area (Å²) in [7, 11) is 0. The van der Waals surface area contributed by atoms with E-state index < -0.39 is 0 Å². The molecule has 2 rings (SSSR count). The van der Waals surface area contributed by atoms with Gasteiger partial charge in [0.15, 0.2) is 5.78 Å². The predicted octanol–water partition coefficient (Wildman–Crippen LogP) is 0.606. The number of Topliss-reactive ketones (excluding diaryl/α,β-unsaturated/α-hetero) is 1. The second kappa shape index (κ2) is 2.90. The summed E-state index contributed by atoms with van der Waals surface area (Å²) in [6.45, 7) is 5.56. The van der Waals surface area contributed by atoms with Crippen molar-refractivity contribution in [3.8, 4) is 0 Å². The molecule has 0 aromatic rings. The van der Waals surface area contributed by atoms with Gasteiger partial charge in [0.05, 0.1) is 18.4 Å².